The lowest BCUT2D eigenvalue weighted by Gasteiger charge is -2.22. The standard InChI is InChI=1S/C19H31N3O2/c1-5-20-19(22-11-10-16(13-22)14-23-3)21-12-15(2)17-8-6-7-9-18(17)24-4/h6-9,15-16H,5,10-14H2,1-4H3,(H,20,21). The van der Waals surface area contributed by atoms with Crippen LogP contribution in [0.1, 0.15) is 31.7 Å². The second kappa shape index (κ2) is 9.52. The van der Waals surface area contributed by atoms with Crippen LogP contribution in [0.3, 0.4) is 0 Å². The van der Waals surface area contributed by atoms with Crippen LogP contribution in [-0.4, -0.2) is 57.9 Å². The summed E-state index contributed by atoms with van der Waals surface area (Å²) in [7, 11) is 3.50. The molecule has 1 heterocycles. The summed E-state index contributed by atoms with van der Waals surface area (Å²) in [5, 5.41) is 3.43. The van der Waals surface area contributed by atoms with Crippen molar-refractivity contribution in [3.8, 4) is 5.75 Å². The molecule has 1 saturated heterocycles. The van der Waals surface area contributed by atoms with Crippen molar-refractivity contribution in [2.24, 2.45) is 10.9 Å². The molecule has 1 aliphatic rings. The largest absolute Gasteiger partial charge is 0.496 e. The zero-order chi connectivity index (χ0) is 17.4. The summed E-state index contributed by atoms with van der Waals surface area (Å²) in [6.07, 6.45) is 1.17. The number of aliphatic imine (C=N–C) groups is 1. The van der Waals surface area contributed by atoms with Gasteiger partial charge in [0.05, 0.1) is 13.7 Å². The zero-order valence-electron chi connectivity index (χ0n) is 15.4. The van der Waals surface area contributed by atoms with Gasteiger partial charge in [-0.3, -0.25) is 4.99 Å². The van der Waals surface area contributed by atoms with Crippen LogP contribution < -0.4 is 10.1 Å². The molecular weight excluding hydrogens is 302 g/mol. The Hall–Kier alpha value is -1.75. The van der Waals surface area contributed by atoms with Gasteiger partial charge in [0.15, 0.2) is 5.96 Å². The van der Waals surface area contributed by atoms with Crippen LogP contribution in [0, 0.1) is 5.92 Å². The molecule has 2 atom stereocenters. The van der Waals surface area contributed by atoms with Crippen LogP contribution in [0.15, 0.2) is 29.3 Å². The van der Waals surface area contributed by atoms with Crippen molar-refractivity contribution in [3.63, 3.8) is 0 Å². The number of likely N-dealkylation sites (tertiary alicyclic amines) is 1. The lowest BCUT2D eigenvalue weighted by molar-refractivity contribution is 0.157. The molecule has 1 aromatic carbocycles. The van der Waals surface area contributed by atoms with E-state index in [1.165, 1.54) is 12.0 Å². The quantitative estimate of drug-likeness (QED) is 0.616. The van der Waals surface area contributed by atoms with Crippen molar-refractivity contribution < 1.29 is 9.47 Å². The first-order valence-electron chi connectivity index (χ1n) is 8.84. The van der Waals surface area contributed by atoms with Gasteiger partial charge >= 0.3 is 0 Å². The van der Waals surface area contributed by atoms with E-state index >= 15 is 0 Å². The van der Waals surface area contributed by atoms with Crippen molar-refractivity contribution in [1.82, 2.24) is 10.2 Å². The van der Waals surface area contributed by atoms with E-state index in [0.717, 1.165) is 44.5 Å². The Kier molecular flexibility index (Phi) is 7.37. The van der Waals surface area contributed by atoms with Gasteiger partial charge in [0.25, 0.3) is 0 Å². The van der Waals surface area contributed by atoms with Gasteiger partial charge in [0.1, 0.15) is 5.75 Å². The third kappa shape index (κ3) is 4.87. The van der Waals surface area contributed by atoms with Gasteiger partial charge in [-0.2, -0.15) is 0 Å². The summed E-state index contributed by atoms with van der Waals surface area (Å²) in [6.45, 7) is 8.82. The highest BCUT2D eigenvalue weighted by atomic mass is 16.5. The number of methoxy groups -OCH3 is 2. The van der Waals surface area contributed by atoms with E-state index in [1.54, 1.807) is 14.2 Å². The fourth-order valence-electron chi connectivity index (χ4n) is 3.22. The second-order valence-electron chi connectivity index (χ2n) is 6.39. The Morgan fingerprint density at radius 2 is 2.17 bits per heavy atom. The minimum atomic E-state index is 0.312. The number of nitrogens with one attached hydrogen (secondary N) is 1. The number of benzene rings is 1. The first kappa shape index (κ1) is 18.6. The first-order chi connectivity index (χ1) is 11.7. The maximum Gasteiger partial charge on any atom is 0.193 e. The van der Waals surface area contributed by atoms with Gasteiger partial charge in [-0.1, -0.05) is 25.1 Å². The van der Waals surface area contributed by atoms with E-state index in [0.29, 0.717) is 11.8 Å². The molecule has 1 fully saturated rings. The van der Waals surface area contributed by atoms with Crippen LogP contribution in [0.25, 0.3) is 0 Å². The third-order valence-corrected chi connectivity index (χ3v) is 4.51. The summed E-state index contributed by atoms with van der Waals surface area (Å²) in [5.74, 6) is 2.86. The molecule has 24 heavy (non-hydrogen) atoms. The minimum Gasteiger partial charge on any atom is -0.496 e. The fraction of sp³-hybridized carbons (Fsp3) is 0.632. The van der Waals surface area contributed by atoms with E-state index in [9.17, 15) is 0 Å². The Morgan fingerprint density at radius 1 is 1.38 bits per heavy atom. The SMILES string of the molecule is CCNC(=NCC(C)c1ccccc1OC)N1CCC(COC)C1. The van der Waals surface area contributed by atoms with E-state index in [4.69, 9.17) is 14.5 Å². The maximum absolute atomic E-state index is 5.47. The molecule has 0 bridgehead atoms. The van der Waals surface area contributed by atoms with Crippen LogP contribution in [0.4, 0.5) is 0 Å². The molecule has 134 valence electrons. The molecule has 5 heteroatoms. The van der Waals surface area contributed by atoms with Crippen LogP contribution in [-0.2, 0) is 4.74 Å². The molecular formula is C19H31N3O2. The lowest BCUT2D eigenvalue weighted by Crippen LogP contribution is -2.40. The number of rotatable bonds is 7. The van der Waals surface area contributed by atoms with Crippen LogP contribution in [0.2, 0.25) is 0 Å². The minimum absolute atomic E-state index is 0.312. The van der Waals surface area contributed by atoms with Crippen molar-refractivity contribution >= 4 is 5.96 Å². The van der Waals surface area contributed by atoms with Crippen molar-refractivity contribution in [2.45, 2.75) is 26.2 Å². The van der Waals surface area contributed by atoms with Gasteiger partial charge in [-0.05, 0) is 25.0 Å². The molecule has 2 rings (SSSR count). The first-order valence-corrected chi connectivity index (χ1v) is 8.84. The highest BCUT2D eigenvalue weighted by Crippen LogP contribution is 2.26. The summed E-state index contributed by atoms with van der Waals surface area (Å²) in [4.78, 5) is 7.23. The average molecular weight is 333 g/mol. The molecule has 0 amide bonds. The molecule has 0 aromatic heterocycles. The average Bonchev–Trinajstić information content (AvgIpc) is 3.07. The number of ether oxygens (including phenoxy) is 2. The Bertz CT molecular complexity index is 533. The molecule has 0 spiro atoms. The normalized spacial score (nSPS) is 19.4. The van der Waals surface area contributed by atoms with E-state index in [1.807, 2.05) is 12.1 Å². The lowest BCUT2D eigenvalue weighted by atomic mass is 10.0. The number of hydrogen-bond donors (Lipinski definition) is 1. The number of guanidine groups is 1. The predicted octanol–water partition coefficient (Wildman–Crippen LogP) is 2.73. The molecule has 1 aliphatic heterocycles. The second-order valence-corrected chi connectivity index (χ2v) is 6.39. The molecule has 5 nitrogen and oxygen atoms in total. The van der Waals surface area contributed by atoms with E-state index in [-0.39, 0.29) is 0 Å². The van der Waals surface area contributed by atoms with Crippen molar-refractivity contribution in [3.05, 3.63) is 29.8 Å². The Labute approximate surface area is 146 Å². The summed E-state index contributed by atoms with van der Waals surface area (Å²) in [6, 6.07) is 8.19. The van der Waals surface area contributed by atoms with Gasteiger partial charge in [-0.15, -0.1) is 0 Å². The number of para-hydroxylation sites is 1. The molecule has 0 saturated carbocycles. The topological polar surface area (TPSA) is 46.1 Å². The number of nitrogens with zero attached hydrogens (tertiary/aromatic N) is 2. The van der Waals surface area contributed by atoms with E-state index < -0.39 is 0 Å². The number of hydrogen-bond acceptors (Lipinski definition) is 3. The predicted molar refractivity (Wildman–Crippen MR) is 98.9 cm³/mol. The van der Waals surface area contributed by atoms with Crippen molar-refractivity contribution in [1.29, 1.82) is 0 Å². The Balaban J connectivity index is 2.03. The third-order valence-electron chi connectivity index (χ3n) is 4.51. The highest BCUT2D eigenvalue weighted by Gasteiger charge is 2.24. The molecule has 0 radical (unpaired) electrons. The van der Waals surface area contributed by atoms with Gasteiger partial charge in [0.2, 0.25) is 0 Å². The van der Waals surface area contributed by atoms with Crippen LogP contribution in [0.5, 0.6) is 5.75 Å². The summed E-state index contributed by atoms with van der Waals surface area (Å²) < 4.78 is 10.8. The monoisotopic (exact) mass is 333 g/mol. The molecule has 1 aromatic rings. The fourth-order valence-corrected chi connectivity index (χ4v) is 3.22. The molecule has 2 unspecified atom stereocenters. The maximum atomic E-state index is 5.47. The molecule has 1 N–H and O–H groups in total. The summed E-state index contributed by atoms with van der Waals surface area (Å²) in [5.41, 5.74) is 1.21. The van der Waals surface area contributed by atoms with Crippen LogP contribution >= 0.6 is 0 Å². The van der Waals surface area contributed by atoms with E-state index in [2.05, 4.69) is 36.2 Å². The van der Waals surface area contributed by atoms with Gasteiger partial charge < -0.3 is 19.7 Å². The zero-order valence-corrected chi connectivity index (χ0v) is 15.4. The van der Waals surface area contributed by atoms with Gasteiger partial charge in [0, 0.05) is 45.1 Å². The molecule has 0 aliphatic carbocycles. The summed E-state index contributed by atoms with van der Waals surface area (Å²) >= 11 is 0. The smallest absolute Gasteiger partial charge is 0.193 e. The van der Waals surface area contributed by atoms with Gasteiger partial charge in [-0.25, -0.2) is 0 Å². The Morgan fingerprint density at radius 3 is 2.88 bits per heavy atom. The highest BCUT2D eigenvalue weighted by molar-refractivity contribution is 5.80. The van der Waals surface area contributed by atoms with Crippen molar-refractivity contribution in [2.75, 3.05) is 47.0 Å².